The first kappa shape index (κ1) is 18.1. The van der Waals surface area contributed by atoms with E-state index in [0.717, 1.165) is 12.1 Å². The lowest BCUT2D eigenvalue weighted by atomic mass is 10.0. The van der Waals surface area contributed by atoms with Crippen LogP contribution in [0.25, 0.3) is 11.7 Å². The summed E-state index contributed by atoms with van der Waals surface area (Å²) >= 11 is 0. The molecule has 0 saturated heterocycles. The van der Waals surface area contributed by atoms with E-state index in [-0.39, 0.29) is 0 Å². The van der Waals surface area contributed by atoms with Gasteiger partial charge in [-0.3, -0.25) is 0 Å². The lowest BCUT2D eigenvalue weighted by Crippen LogP contribution is -2.11. The van der Waals surface area contributed by atoms with Gasteiger partial charge < -0.3 is 0 Å². The van der Waals surface area contributed by atoms with Crippen molar-refractivity contribution in [2.75, 3.05) is 0 Å². The van der Waals surface area contributed by atoms with Gasteiger partial charge in [-0.1, -0.05) is 24.3 Å². The van der Waals surface area contributed by atoms with Crippen LogP contribution in [0, 0.1) is 0 Å². The molecule has 0 aliphatic carbocycles. The molecule has 1 aromatic carbocycles. The van der Waals surface area contributed by atoms with Gasteiger partial charge in [0.25, 0.3) is 0 Å². The lowest BCUT2D eigenvalue weighted by molar-refractivity contribution is -0.109. The Morgan fingerprint density at radius 1 is 0.591 bits per heavy atom. The second-order valence-corrected chi connectivity index (χ2v) is 3.80. The average molecular weight is 338 g/mol. The second kappa shape index (κ2) is 6.01. The molecular weight excluding hydrogens is 334 g/mol. The largest absolute Gasteiger partial charge is 0.445 e. The van der Waals surface area contributed by atoms with Gasteiger partial charge in [-0.2, -0.15) is 35.1 Å². The number of rotatable bonds is 2. The minimum atomic E-state index is -5.78. The van der Waals surface area contributed by atoms with Crippen molar-refractivity contribution in [1.82, 2.24) is 0 Å². The summed E-state index contributed by atoms with van der Waals surface area (Å²) < 4.78 is 125. The van der Waals surface area contributed by atoms with Crippen LogP contribution in [0.3, 0.4) is 0 Å². The third-order valence-electron chi connectivity index (χ3n) is 2.28. The van der Waals surface area contributed by atoms with Gasteiger partial charge >= 0.3 is 12.4 Å². The maximum Gasteiger partial charge on any atom is 0.445 e. The topological polar surface area (TPSA) is 0 Å². The Labute approximate surface area is 116 Å². The quantitative estimate of drug-likeness (QED) is 0.578. The third kappa shape index (κ3) is 3.80. The maximum atomic E-state index is 13.4. The Morgan fingerprint density at radius 2 is 0.864 bits per heavy atom. The van der Waals surface area contributed by atoms with E-state index in [0.29, 0.717) is 12.1 Å². The normalized spacial score (nSPS) is 15.4. The summed E-state index contributed by atoms with van der Waals surface area (Å²) in [7, 11) is 0. The van der Waals surface area contributed by atoms with Gasteiger partial charge in [0.05, 0.1) is 0 Å². The van der Waals surface area contributed by atoms with Crippen molar-refractivity contribution in [1.29, 1.82) is 0 Å². The molecule has 0 amide bonds. The zero-order valence-electron chi connectivity index (χ0n) is 10.1. The van der Waals surface area contributed by atoms with Crippen LogP contribution in [0.5, 0.6) is 0 Å². The standard InChI is InChI=1S/C12H4F10/c13-7(9(15)11(17,18)19)5-3-1-2-4-6(5)8(14)10(16)12(20,21)22/h1-4H/b9-7+,10-8+. The molecule has 0 bridgehead atoms. The molecule has 0 unspecified atom stereocenters. The third-order valence-corrected chi connectivity index (χ3v) is 2.28. The Balaban J connectivity index is 3.58. The van der Waals surface area contributed by atoms with Gasteiger partial charge in [-0.15, -0.1) is 0 Å². The highest BCUT2D eigenvalue weighted by Gasteiger charge is 2.41. The molecule has 0 nitrogen and oxygen atoms in total. The molecule has 122 valence electrons. The molecule has 0 aliphatic rings. The van der Waals surface area contributed by atoms with Crippen molar-refractivity contribution in [2.24, 2.45) is 0 Å². The minimum Gasteiger partial charge on any atom is -0.203 e. The Kier molecular flexibility index (Phi) is 4.93. The van der Waals surface area contributed by atoms with Crippen molar-refractivity contribution in [3.05, 3.63) is 47.0 Å². The molecule has 0 radical (unpaired) electrons. The van der Waals surface area contributed by atoms with Gasteiger partial charge in [-0.05, 0) is 0 Å². The summed E-state index contributed by atoms with van der Waals surface area (Å²) in [6.07, 6.45) is -11.6. The Hall–Kier alpha value is -2.00. The first-order valence-electron chi connectivity index (χ1n) is 5.22. The first-order valence-corrected chi connectivity index (χ1v) is 5.22. The lowest BCUT2D eigenvalue weighted by Gasteiger charge is -2.10. The average Bonchev–Trinajstić information content (AvgIpc) is 2.42. The number of halogens is 10. The highest BCUT2D eigenvalue weighted by molar-refractivity contribution is 5.76. The number of benzene rings is 1. The highest BCUT2D eigenvalue weighted by atomic mass is 19.4. The number of hydrogen-bond acceptors (Lipinski definition) is 0. The molecule has 0 atom stereocenters. The highest BCUT2D eigenvalue weighted by Crippen LogP contribution is 2.40. The zero-order valence-corrected chi connectivity index (χ0v) is 10.1. The maximum absolute atomic E-state index is 13.4. The van der Waals surface area contributed by atoms with Crippen LogP contribution in [0.2, 0.25) is 0 Å². The summed E-state index contributed by atoms with van der Waals surface area (Å²) in [4.78, 5) is 0. The summed E-state index contributed by atoms with van der Waals surface area (Å²) in [5, 5.41) is 0. The van der Waals surface area contributed by atoms with Crippen LogP contribution in [0.15, 0.2) is 35.9 Å². The molecule has 0 N–H and O–H groups in total. The van der Waals surface area contributed by atoms with E-state index in [2.05, 4.69) is 0 Å². The monoisotopic (exact) mass is 338 g/mol. The van der Waals surface area contributed by atoms with Crippen molar-refractivity contribution in [2.45, 2.75) is 12.4 Å². The van der Waals surface area contributed by atoms with Crippen LogP contribution in [0.1, 0.15) is 11.1 Å². The van der Waals surface area contributed by atoms with Crippen LogP contribution < -0.4 is 0 Å². The molecule has 1 rings (SSSR count). The molecule has 0 aliphatic heterocycles. The van der Waals surface area contributed by atoms with Crippen molar-refractivity contribution in [3.8, 4) is 0 Å². The predicted octanol–water partition coefficient (Wildman–Crippen LogP) is 6.03. The van der Waals surface area contributed by atoms with Crippen LogP contribution >= 0.6 is 0 Å². The van der Waals surface area contributed by atoms with E-state index in [9.17, 15) is 43.9 Å². The predicted molar refractivity (Wildman–Crippen MR) is 56.8 cm³/mol. The summed E-state index contributed by atoms with van der Waals surface area (Å²) in [5.74, 6) is -11.9. The van der Waals surface area contributed by atoms with E-state index in [4.69, 9.17) is 0 Å². The number of allylic oxidation sites excluding steroid dienone is 2. The van der Waals surface area contributed by atoms with E-state index in [1.165, 1.54) is 0 Å². The molecule has 1 aromatic rings. The Morgan fingerprint density at radius 3 is 1.09 bits per heavy atom. The molecule has 0 saturated carbocycles. The van der Waals surface area contributed by atoms with Gasteiger partial charge in [0, 0.05) is 11.1 Å². The number of hydrogen-bond donors (Lipinski definition) is 0. The number of alkyl halides is 6. The minimum absolute atomic E-state index is 0.374. The fourth-order valence-corrected chi connectivity index (χ4v) is 1.35. The summed E-state index contributed by atoms with van der Waals surface area (Å²) in [6.45, 7) is 0. The van der Waals surface area contributed by atoms with Crippen molar-refractivity contribution in [3.63, 3.8) is 0 Å². The van der Waals surface area contributed by atoms with E-state index >= 15 is 0 Å². The van der Waals surface area contributed by atoms with E-state index in [1.54, 1.807) is 0 Å². The molecule has 0 fully saturated rings. The summed E-state index contributed by atoms with van der Waals surface area (Å²) in [5.41, 5.74) is -3.01. The molecule has 0 heterocycles. The summed E-state index contributed by atoms with van der Waals surface area (Å²) in [6, 6.07) is 2.36. The second-order valence-electron chi connectivity index (χ2n) is 3.80. The Bertz CT molecular complexity index is 563. The van der Waals surface area contributed by atoms with Crippen LogP contribution in [0.4, 0.5) is 43.9 Å². The molecule has 0 aromatic heterocycles. The van der Waals surface area contributed by atoms with Crippen molar-refractivity contribution >= 4 is 11.7 Å². The zero-order chi connectivity index (χ0) is 17.3. The van der Waals surface area contributed by atoms with Gasteiger partial charge in [0.1, 0.15) is 0 Å². The van der Waals surface area contributed by atoms with Crippen LogP contribution in [-0.4, -0.2) is 12.4 Å². The first-order chi connectivity index (χ1) is 9.87. The fraction of sp³-hybridized carbons (Fsp3) is 0.167. The van der Waals surface area contributed by atoms with Gasteiger partial charge in [-0.25, -0.2) is 8.78 Å². The van der Waals surface area contributed by atoms with E-state index in [1.807, 2.05) is 0 Å². The fourth-order valence-electron chi connectivity index (χ4n) is 1.35. The van der Waals surface area contributed by atoms with Crippen molar-refractivity contribution < 1.29 is 43.9 Å². The van der Waals surface area contributed by atoms with Crippen LogP contribution in [-0.2, 0) is 0 Å². The van der Waals surface area contributed by atoms with Gasteiger partial charge in [0.15, 0.2) is 11.7 Å². The molecule has 22 heavy (non-hydrogen) atoms. The molecular formula is C12H4F10. The molecule has 0 spiro atoms. The molecule has 10 heteroatoms. The van der Waals surface area contributed by atoms with Gasteiger partial charge in [0.2, 0.25) is 11.7 Å². The van der Waals surface area contributed by atoms with E-state index < -0.39 is 46.8 Å². The SMILES string of the molecule is F/C(=C(/F)C(F)(F)F)c1ccccc1/C(F)=C(\F)C(F)(F)F. The smallest absolute Gasteiger partial charge is 0.203 e.